The van der Waals surface area contributed by atoms with Crippen molar-refractivity contribution in [3.63, 3.8) is 0 Å². The Labute approximate surface area is 245 Å². The van der Waals surface area contributed by atoms with Crippen molar-refractivity contribution in [2.45, 2.75) is 105 Å². The fourth-order valence-electron chi connectivity index (χ4n) is 5.04. The van der Waals surface area contributed by atoms with Gasteiger partial charge in [-0.05, 0) is 12.0 Å². The summed E-state index contributed by atoms with van der Waals surface area (Å²) in [4.78, 5) is 26.1. The van der Waals surface area contributed by atoms with Crippen molar-refractivity contribution in [1.29, 1.82) is 0 Å². The standard InChI is InChI=1S/C23H38N8O12/c1-2-28-11(32)4-12(33)29-5-9-15(35)17(37)18(38)23(40-9)43-21-8(25)3-7(24)20(19(21)39)42-22-16(36)13(26)14(34)10(41-22)6-30-31-27/h1,7-10,13-23,34-39H,3-6,24-26H2,(H,28,32)(H,29,33)/t7-,8+,9+,10-,13+,14-,15+,16-,17-,18+,19-,20+,21-,22-,23+/m0/s1. The minimum absolute atomic E-state index is 0.0146. The maximum Gasteiger partial charge on any atom is 0.240 e. The number of aliphatic hydroxyl groups excluding tert-OH is 6. The minimum atomic E-state index is -1.83. The van der Waals surface area contributed by atoms with E-state index in [2.05, 4.69) is 15.3 Å². The number of nitrogens with one attached hydrogen (secondary N) is 2. The predicted octanol–water partition coefficient (Wildman–Crippen LogP) is -6.72. The van der Waals surface area contributed by atoms with Crippen LogP contribution in [0.2, 0.25) is 0 Å². The SMILES string of the molecule is C#CNC(=O)CC(=O)NC[C@H]1O[C@H](O[C@@H]2[C@@H](O)[C@H](O[C@@H]3O[C@@H](CN=[N+]=[N-])[C@H](O)[C@@H](N)[C@@H]3O)[C@@H](N)C[C@H]2N)[C@H](O)[C@@H](O)[C@@H]1O. The molecule has 20 heteroatoms. The summed E-state index contributed by atoms with van der Waals surface area (Å²) in [5, 5.41) is 70.9. The maximum atomic E-state index is 12.0. The molecular weight excluding hydrogens is 580 g/mol. The highest BCUT2D eigenvalue weighted by atomic mass is 16.7. The molecule has 2 saturated heterocycles. The largest absolute Gasteiger partial charge is 0.389 e. The van der Waals surface area contributed by atoms with Gasteiger partial charge in [0.1, 0.15) is 55.3 Å². The van der Waals surface area contributed by atoms with Crippen LogP contribution in [0.1, 0.15) is 12.8 Å². The lowest BCUT2D eigenvalue weighted by molar-refractivity contribution is -0.331. The van der Waals surface area contributed by atoms with Gasteiger partial charge in [0.2, 0.25) is 11.8 Å². The highest BCUT2D eigenvalue weighted by Gasteiger charge is 2.51. The molecule has 43 heavy (non-hydrogen) atoms. The molecule has 2 amide bonds. The van der Waals surface area contributed by atoms with Crippen LogP contribution in [0.15, 0.2) is 5.11 Å². The van der Waals surface area contributed by atoms with E-state index in [1.807, 2.05) is 11.4 Å². The van der Waals surface area contributed by atoms with Crippen LogP contribution in [-0.4, -0.2) is 147 Å². The number of carbonyl (C=O) groups excluding carboxylic acids is 2. The lowest BCUT2D eigenvalue weighted by Crippen LogP contribution is -2.68. The van der Waals surface area contributed by atoms with Crippen molar-refractivity contribution in [2.75, 3.05) is 13.1 Å². The van der Waals surface area contributed by atoms with Gasteiger partial charge in [-0.2, -0.15) is 0 Å². The third kappa shape index (κ3) is 8.27. The highest BCUT2D eigenvalue weighted by Crippen LogP contribution is 2.31. The van der Waals surface area contributed by atoms with Crippen molar-refractivity contribution in [1.82, 2.24) is 10.6 Å². The van der Waals surface area contributed by atoms with E-state index >= 15 is 0 Å². The number of aliphatic hydroxyl groups is 6. The van der Waals surface area contributed by atoms with Crippen LogP contribution in [0.4, 0.5) is 0 Å². The molecule has 15 atom stereocenters. The fraction of sp³-hybridized carbons (Fsp3) is 0.826. The number of ether oxygens (including phenoxy) is 4. The third-order valence-electron chi connectivity index (χ3n) is 7.43. The van der Waals surface area contributed by atoms with Crippen molar-refractivity contribution >= 4 is 11.8 Å². The third-order valence-corrected chi connectivity index (χ3v) is 7.43. The van der Waals surface area contributed by atoms with Crippen LogP contribution in [0, 0.1) is 12.5 Å². The first-order chi connectivity index (χ1) is 20.3. The van der Waals surface area contributed by atoms with Crippen LogP contribution in [0.3, 0.4) is 0 Å². The molecule has 0 aromatic carbocycles. The van der Waals surface area contributed by atoms with E-state index in [1.165, 1.54) is 0 Å². The second-order valence-corrected chi connectivity index (χ2v) is 10.5. The van der Waals surface area contributed by atoms with E-state index in [-0.39, 0.29) is 13.0 Å². The molecule has 14 N–H and O–H groups in total. The van der Waals surface area contributed by atoms with Crippen molar-refractivity contribution < 1.29 is 59.2 Å². The Kier molecular flexibility index (Phi) is 12.4. The number of nitrogens with zero attached hydrogens (tertiary/aromatic N) is 3. The number of hydrogen-bond donors (Lipinski definition) is 11. The zero-order valence-corrected chi connectivity index (χ0v) is 22.8. The lowest BCUT2D eigenvalue weighted by atomic mass is 9.84. The molecule has 3 fully saturated rings. The van der Waals surface area contributed by atoms with Gasteiger partial charge in [0.05, 0.1) is 24.8 Å². The molecule has 242 valence electrons. The molecule has 1 saturated carbocycles. The Morgan fingerprint density at radius 3 is 2.05 bits per heavy atom. The fourth-order valence-corrected chi connectivity index (χ4v) is 5.04. The molecule has 0 unspecified atom stereocenters. The van der Waals surface area contributed by atoms with Crippen LogP contribution in [0.5, 0.6) is 0 Å². The van der Waals surface area contributed by atoms with Gasteiger partial charge < -0.3 is 72.1 Å². The molecule has 0 aromatic rings. The Morgan fingerprint density at radius 1 is 0.884 bits per heavy atom. The summed E-state index contributed by atoms with van der Waals surface area (Å²) < 4.78 is 22.6. The summed E-state index contributed by atoms with van der Waals surface area (Å²) in [7, 11) is 0. The highest BCUT2D eigenvalue weighted by molar-refractivity contribution is 5.97. The average Bonchev–Trinajstić information content (AvgIpc) is 2.96. The molecule has 0 bridgehead atoms. The van der Waals surface area contributed by atoms with E-state index < -0.39 is 117 Å². The molecule has 1 aliphatic carbocycles. The van der Waals surface area contributed by atoms with E-state index in [1.54, 1.807) is 0 Å². The summed E-state index contributed by atoms with van der Waals surface area (Å²) in [5.41, 5.74) is 26.8. The molecule has 0 spiro atoms. The van der Waals surface area contributed by atoms with Crippen LogP contribution < -0.4 is 27.8 Å². The summed E-state index contributed by atoms with van der Waals surface area (Å²) in [6, 6.07) is -1.29. The lowest BCUT2D eigenvalue weighted by Gasteiger charge is -2.48. The molecule has 2 aliphatic heterocycles. The van der Waals surface area contributed by atoms with Crippen molar-refractivity contribution in [3.05, 3.63) is 10.4 Å². The van der Waals surface area contributed by atoms with Crippen LogP contribution >= 0.6 is 0 Å². The Bertz CT molecular complexity index is 1060. The second-order valence-electron chi connectivity index (χ2n) is 10.5. The van der Waals surface area contributed by atoms with E-state index in [4.69, 9.17) is 48.1 Å². The molecule has 3 rings (SSSR count). The molecule has 2 heterocycles. The smallest absolute Gasteiger partial charge is 0.240 e. The number of azide groups is 1. The summed E-state index contributed by atoms with van der Waals surface area (Å²) in [5.74, 6) is -1.53. The van der Waals surface area contributed by atoms with E-state index in [0.717, 1.165) is 0 Å². The number of amides is 2. The monoisotopic (exact) mass is 618 g/mol. The van der Waals surface area contributed by atoms with Gasteiger partial charge >= 0.3 is 0 Å². The van der Waals surface area contributed by atoms with Gasteiger partial charge in [0, 0.05) is 29.6 Å². The van der Waals surface area contributed by atoms with Crippen molar-refractivity contribution in [2.24, 2.45) is 22.3 Å². The number of nitrogens with two attached hydrogens (primary N) is 3. The zero-order chi connectivity index (χ0) is 32.0. The van der Waals surface area contributed by atoms with Gasteiger partial charge in [0.15, 0.2) is 12.6 Å². The minimum Gasteiger partial charge on any atom is -0.389 e. The van der Waals surface area contributed by atoms with Gasteiger partial charge in [-0.15, -0.1) is 0 Å². The van der Waals surface area contributed by atoms with Gasteiger partial charge in [-0.1, -0.05) is 11.5 Å². The summed E-state index contributed by atoms with van der Waals surface area (Å²) >= 11 is 0. The predicted molar refractivity (Wildman–Crippen MR) is 140 cm³/mol. The second kappa shape index (κ2) is 15.3. The van der Waals surface area contributed by atoms with Crippen LogP contribution in [0.25, 0.3) is 10.4 Å². The van der Waals surface area contributed by atoms with E-state index in [9.17, 15) is 40.2 Å². The molecule has 3 aliphatic rings. The number of hydrogen-bond acceptors (Lipinski definition) is 16. The number of carbonyl (C=O) groups is 2. The normalized spacial score (nSPS) is 43.1. The van der Waals surface area contributed by atoms with Crippen LogP contribution in [-0.2, 0) is 28.5 Å². The topological polar surface area (TPSA) is 343 Å². The first-order valence-electron chi connectivity index (χ1n) is 13.3. The molecule has 0 radical (unpaired) electrons. The number of rotatable bonds is 10. The van der Waals surface area contributed by atoms with E-state index in [0.29, 0.717) is 0 Å². The van der Waals surface area contributed by atoms with Crippen molar-refractivity contribution in [3.8, 4) is 12.5 Å². The maximum absolute atomic E-state index is 12.0. The zero-order valence-electron chi connectivity index (χ0n) is 22.8. The first-order valence-corrected chi connectivity index (χ1v) is 13.3. The van der Waals surface area contributed by atoms with Gasteiger partial charge in [-0.25, -0.2) is 0 Å². The summed E-state index contributed by atoms with van der Waals surface area (Å²) in [6.07, 6.45) is -14.0. The molecule has 20 nitrogen and oxygen atoms in total. The van der Waals surface area contributed by atoms with Gasteiger partial charge in [0.25, 0.3) is 0 Å². The number of terminal acetylenes is 1. The average molecular weight is 619 g/mol. The summed E-state index contributed by atoms with van der Waals surface area (Å²) in [6.45, 7) is -0.748. The Hall–Kier alpha value is -2.71. The Morgan fingerprint density at radius 2 is 1.47 bits per heavy atom. The first kappa shape index (κ1) is 34.8. The Balaban J connectivity index is 1.69. The van der Waals surface area contributed by atoms with Gasteiger partial charge in [-0.3, -0.25) is 14.9 Å². The molecular formula is C23H38N8O12. The quantitative estimate of drug-likeness (QED) is 0.0270. The molecule has 0 aromatic heterocycles.